The Morgan fingerprint density at radius 1 is 1.50 bits per heavy atom. The van der Waals surface area contributed by atoms with E-state index in [1.807, 2.05) is 23.7 Å². The smallest absolute Gasteiger partial charge is 0.120 e. The quantitative estimate of drug-likeness (QED) is 0.922. The molecular formula is C13H18BrN3O. The fraction of sp³-hybridized carbons (Fsp3) is 0.462. The van der Waals surface area contributed by atoms with Gasteiger partial charge in [-0.1, -0.05) is 0 Å². The summed E-state index contributed by atoms with van der Waals surface area (Å²) in [5.74, 6) is 0.963. The summed E-state index contributed by atoms with van der Waals surface area (Å²) in [6.45, 7) is 7.88. The third-order valence-electron chi connectivity index (χ3n) is 3.04. The zero-order valence-electron chi connectivity index (χ0n) is 10.9. The van der Waals surface area contributed by atoms with Crippen molar-refractivity contribution in [3.63, 3.8) is 0 Å². The predicted octanol–water partition coefficient (Wildman–Crippen LogP) is 3.21. The number of aryl methyl sites for hydroxylation is 1. The molecule has 0 amide bonds. The van der Waals surface area contributed by atoms with Gasteiger partial charge in [-0.05, 0) is 48.8 Å². The minimum atomic E-state index is 0.223. The Hall–Kier alpha value is -1.07. The van der Waals surface area contributed by atoms with Crippen molar-refractivity contribution in [3.05, 3.63) is 40.0 Å². The zero-order chi connectivity index (χ0) is 13.1. The monoisotopic (exact) mass is 311 g/mol. The van der Waals surface area contributed by atoms with E-state index in [0.717, 1.165) is 29.0 Å². The molecule has 2 aromatic rings. The highest BCUT2D eigenvalue weighted by Crippen LogP contribution is 2.19. The van der Waals surface area contributed by atoms with E-state index in [-0.39, 0.29) is 6.04 Å². The van der Waals surface area contributed by atoms with Crippen LogP contribution in [0.15, 0.2) is 27.3 Å². The molecule has 18 heavy (non-hydrogen) atoms. The number of furan rings is 1. The molecule has 2 aromatic heterocycles. The molecule has 0 fully saturated rings. The first-order valence-corrected chi connectivity index (χ1v) is 6.85. The summed E-state index contributed by atoms with van der Waals surface area (Å²) in [7, 11) is 0. The highest BCUT2D eigenvalue weighted by Gasteiger charge is 2.10. The molecule has 0 saturated heterocycles. The lowest BCUT2D eigenvalue weighted by Crippen LogP contribution is -2.23. The highest BCUT2D eigenvalue weighted by molar-refractivity contribution is 9.10. The van der Waals surface area contributed by atoms with E-state index in [4.69, 9.17) is 4.42 Å². The maximum Gasteiger partial charge on any atom is 0.120 e. The number of aromatic nitrogens is 2. The number of rotatable bonds is 5. The number of hydrogen-bond acceptors (Lipinski definition) is 3. The summed E-state index contributed by atoms with van der Waals surface area (Å²) in [4.78, 5) is 0. The molecule has 0 saturated carbocycles. The van der Waals surface area contributed by atoms with Gasteiger partial charge in [-0.2, -0.15) is 5.10 Å². The van der Waals surface area contributed by atoms with Crippen molar-refractivity contribution in [1.29, 1.82) is 0 Å². The minimum Gasteiger partial charge on any atom is -0.468 e. The van der Waals surface area contributed by atoms with Crippen molar-refractivity contribution in [3.8, 4) is 0 Å². The molecule has 1 unspecified atom stereocenters. The maximum absolute atomic E-state index is 5.35. The van der Waals surface area contributed by atoms with Gasteiger partial charge in [0.05, 0.1) is 29.0 Å². The third-order valence-corrected chi connectivity index (χ3v) is 4.18. The number of halogens is 1. The largest absolute Gasteiger partial charge is 0.468 e. The molecule has 5 heteroatoms. The van der Waals surface area contributed by atoms with Crippen LogP contribution in [0.4, 0.5) is 0 Å². The lowest BCUT2D eigenvalue weighted by atomic mass is 10.2. The summed E-state index contributed by atoms with van der Waals surface area (Å²) in [5.41, 5.74) is 2.20. The van der Waals surface area contributed by atoms with Crippen LogP contribution in [0.25, 0.3) is 0 Å². The van der Waals surface area contributed by atoms with Crippen molar-refractivity contribution in [1.82, 2.24) is 15.1 Å². The van der Waals surface area contributed by atoms with Crippen LogP contribution in [0.5, 0.6) is 0 Å². The average Bonchev–Trinajstić information content (AvgIpc) is 2.95. The molecule has 98 valence electrons. The van der Waals surface area contributed by atoms with E-state index in [1.54, 1.807) is 6.26 Å². The molecule has 0 aliphatic heterocycles. The summed E-state index contributed by atoms with van der Waals surface area (Å²) < 4.78 is 8.47. The molecule has 0 radical (unpaired) electrons. The van der Waals surface area contributed by atoms with Gasteiger partial charge in [0.15, 0.2) is 0 Å². The summed E-state index contributed by atoms with van der Waals surface area (Å²) in [5, 5.41) is 7.90. The van der Waals surface area contributed by atoms with Gasteiger partial charge in [0.25, 0.3) is 0 Å². The van der Waals surface area contributed by atoms with E-state index in [2.05, 4.69) is 40.2 Å². The standard InChI is InChI=1S/C13H18BrN3O/c1-9(12-5-4-8-18-12)15-6-7-17-11(3)13(14)10(2)16-17/h4-5,8-9,15H,6-7H2,1-3H3. The van der Waals surface area contributed by atoms with Crippen LogP contribution in [0.2, 0.25) is 0 Å². The fourth-order valence-corrected chi connectivity index (χ4v) is 2.20. The summed E-state index contributed by atoms with van der Waals surface area (Å²) >= 11 is 3.53. The second kappa shape index (κ2) is 5.71. The van der Waals surface area contributed by atoms with E-state index in [0.29, 0.717) is 0 Å². The molecular weight excluding hydrogens is 294 g/mol. The molecule has 1 N–H and O–H groups in total. The topological polar surface area (TPSA) is 43.0 Å². The van der Waals surface area contributed by atoms with Crippen LogP contribution in [-0.4, -0.2) is 16.3 Å². The third kappa shape index (κ3) is 2.84. The highest BCUT2D eigenvalue weighted by atomic mass is 79.9. The first-order valence-electron chi connectivity index (χ1n) is 6.06. The molecule has 0 aromatic carbocycles. The first-order chi connectivity index (χ1) is 8.59. The van der Waals surface area contributed by atoms with E-state index in [9.17, 15) is 0 Å². The van der Waals surface area contributed by atoms with Gasteiger partial charge < -0.3 is 9.73 Å². The van der Waals surface area contributed by atoms with Crippen LogP contribution in [0.1, 0.15) is 30.1 Å². The second-order valence-electron chi connectivity index (χ2n) is 4.40. The van der Waals surface area contributed by atoms with Gasteiger partial charge in [0, 0.05) is 12.2 Å². The van der Waals surface area contributed by atoms with Crippen LogP contribution in [0.3, 0.4) is 0 Å². The van der Waals surface area contributed by atoms with Gasteiger partial charge in [-0.3, -0.25) is 4.68 Å². The van der Waals surface area contributed by atoms with Gasteiger partial charge in [-0.15, -0.1) is 0 Å². The maximum atomic E-state index is 5.35. The van der Waals surface area contributed by atoms with Crippen molar-refractivity contribution in [2.45, 2.75) is 33.4 Å². The number of nitrogens with zero attached hydrogens (tertiary/aromatic N) is 2. The molecule has 0 spiro atoms. The molecule has 0 aliphatic rings. The van der Waals surface area contributed by atoms with Gasteiger partial charge in [0.1, 0.15) is 5.76 Å². The van der Waals surface area contributed by atoms with E-state index >= 15 is 0 Å². The molecule has 0 bridgehead atoms. The minimum absolute atomic E-state index is 0.223. The first kappa shape index (κ1) is 13.4. The molecule has 2 rings (SSSR count). The Morgan fingerprint density at radius 3 is 2.83 bits per heavy atom. The van der Waals surface area contributed by atoms with Crippen LogP contribution >= 0.6 is 15.9 Å². The predicted molar refractivity (Wildman–Crippen MR) is 74.5 cm³/mol. The lowest BCUT2D eigenvalue weighted by molar-refractivity contribution is 0.417. The van der Waals surface area contributed by atoms with Gasteiger partial charge in [-0.25, -0.2) is 0 Å². The van der Waals surface area contributed by atoms with Crippen molar-refractivity contribution in [2.75, 3.05) is 6.54 Å². The molecule has 0 aliphatic carbocycles. The van der Waals surface area contributed by atoms with Crippen LogP contribution in [0, 0.1) is 13.8 Å². The molecule has 4 nitrogen and oxygen atoms in total. The number of nitrogens with one attached hydrogen (secondary N) is 1. The zero-order valence-corrected chi connectivity index (χ0v) is 12.5. The summed E-state index contributed by atoms with van der Waals surface area (Å²) in [6, 6.07) is 4.11. The van der Waals surface area contributed by atoms with Crippen LogP contribution < -0.4 is 5.32 Å². The second-order valence-corrected chi connectivity index (χ2v) is 5.19. The van der Waals surface area contributed by atoms with Crippen LogP contribution in [-0.2, 0) is 6.54 Å². The Kier molecular flexibility index (Phi) is 4.24. The Labute approximate surface area is 115 Å². The van der Waals surface area contributed by atoms with Gasteiger partial charge >= 0.3 is 0 Å². The lowest BCUT2D eigenvalue weighted by Gasteiger charge is -2.11. The van der Waals surface area contributed by atoms with E-state index < -0.39 is 0 Å². The normalized spacial score (nSPS) is 12.9. The van der Waals surface area contributed by atoms with E-state index in [1.165, 1.54) is 5.69 Å². The molecule has 2 heterocycles. The fourth-order valence-electron chi connectivity index (χ4n) is 1.92. The Morgan fingerprint density at radius 2 is 2.28 bits per heavy atom. The SMILES string of the molecule is Cc1nn(CCNC(C)c2ccco2)c(C)c1Br. The Bertz CT molecular complexity index is 505. The van der Waals surface area contributed by atoms with Crippen molar-refractivity contribution >= 4 is 15.9 Å². The average molecular weight is 312 g/mol. The van der Waals surface area contributed by atoms with Crippen molar-refractivity contribution in [2.24, 2.45) is 0 Å². The van der Waals surface area contributed by atoms with Gasteiger partial charge in [0.2, 0.25) is 0 Å². The molecule has 1 atom stereocenters. The van der Waals surface area contributed by atoms with Crippen molar-refractivity contribution < 1.29 is 4.42 Å². The Balaban J connectivity index is 1.87. The number of hydrogen-bond donors (Lipinski definition) is 1. The summed E-state index contributed by atoms with van der Waals surface area (Å²) in [6.07, 6.45) is 1.70.